The third-order valence-electron chi connectivity index (χ3n) is 12.0. The first kappa shape index (κ1) is 32.0. The molecule has 6 heteroatoms. The number of nitrogens with zero attached hydrogens (tertiary/aromatic N) is 5. The van der Waals surface area contributed by atoms with Crippen molar-refractivity contribution in [3.05, 3.63) is 188 Å². The van der Waals surface area contributed by atoms with E-state index < -0.39 is 0 Å². The first-order valence-electron chi connectivity index (χ1n) is 19.9. The van der Waals surface area contributed by atoms with Crippen LogP contribution in [0.25, 0.3) is 122 Å². The van der Waals surface area contributed by atoms with E-state index in [1.54, 1.807) is 0 Å². The van der Waals surface area contributed by atoms with Gasteiger partial charge in [-0.25, -0.2) is 4.98 Å². The van der Waals surface area contributed by atoms with E-state index in [4.69, 9.17) is 19.4 Å². The molecule has 0 unspecified atom stereocenters. The Kier molecular flexibility index (Phi) is 6.63. The maximum atomic E-state index is 6.62. The van der Waals surface area contributed by atoms with E-state index in [-0.39, 0.29) is 0 Å². The third-order valence-corrected chi connectivity index (χ3v) is 12.0. The average Bonchev–Trinajstić information content (AvgIpc) is 3.94. The van der Waals surface area contributed by atoms with E-state index in [1.165, 1.54) is 21.5 Å². The molecular weight excluding hydrogens is 723 g/mol. The Hall–Kier alpha value is -8.09. The van der Waals surface area contributed by atoms with E-state index in [1.807, 2.05) is 12.1 Å². The zero-order valence-electron chi connectivity index (χ0n) is 31.5. The van der Waals surface area contributed by atoms with Gasteiger partial charge in [0.05, 0.1) is 27.8 Å². The molecule has 0 spiro atoms. The second kappa shape index (κ2) is 12.2. The van der Waals surface area contributed by atoms with Crippen molar-refractivity contribution in [1.82, 2.24) is 24.1 Å². The monoisotopic (exact) mass is 753 g/mol. The number of hydrogen-bond donors (Lipinski definition) is 0. The number of aromatic nitrogens is 5. The summed E-state index contributed by atoms with van der Waals surface area (Å²) in [6.45, 7) is 0. The highest BCUT2D eigenvalue weighted by molar-refractivity contribution is 6.15. The molecule has 0 radical (unpaired) electrons. The summed E-state index contributed by atoms with van der Waals surface area (Å²) in [6, 6.07) is 66.2. The van der Waals surface area contributed by atoms with Crippen molar-refractivity contribution in [2.45, 2.75) is 0 Å². The lowest BCUT2D eigenvalue weighted by Gasteiger charge is -2.16. The summed E-state index contributed by atoms with van der Waals surface area (Å²) in [5.41, 5.74) is 8.56. The Morgan fingerprint density at radius 1 is 0.322 bits per heavy atom. The Labute approximate surface area is 336 Å². The van der Waals surface area contributed by atoms with Crippen LogP contribution in [0.1, 0.15) is 0 Å². The van der Waals surface area contributed by atoms with Crippen LogP contribution >= 0.6 is 0 Å². The van der Waals surface area contributed by atoms with E-state index in [0.29, 0.717) is 17.6 Å². The average molecular weight is 754 g/mol. The fourth-order valence-corrected chi connectivity index (χ4v) is 9.30. The summed E-state index contributed by atoms with van der Waals surface area (Å²) in [6.07, 6.45) is 0. The van der Waals surface area contributed by atoms with Gasteiger partial charge in [0.15, 0.2) is 11.6 Å². The predicted octanol–water partition coefficient (Wildman–Crippen LogP) is 13.6. The van der Waals surface area contributed by atoms with Crippen LogP contribution in [0.3, 0.4) is 0 Å². The molecule has 0 aliphatic rings. The van der Waals surface area contributed by atoms with Gasteiger partial charge in [-0.2, -0.15) is 9.97 Å². The second-order valence-electron chi connectivity index (χ2n) is 15.2. The summed E-state index contributed by atoms with van der Waals surface area (Å²) in [4.78, 5) is 16.3. The van der Waals surface area contributed by atoms with Crippen LogP contribution in [0.4, 0.5) is 0 Å². The molecule has 0 saturated heterocycles. The molecule has 274 valence electrons. The van der Waals surface area contributed by atoms with Gasteiger partial charge in [0.25, 0.3) is 0 Å². The molecule has 0 saturated carbocycles. The van der Waals surface area contributed by atoms with E-state index in [9.17, 15) is 0 Å². The third kappa shape index (κ3) is 4.71. The number of fused-ring (bicyclic) bond motifs is 11. The molecule has 0 aliphatic carbocycles. The Bertz CT molecular complexity index is 3810. The smallest absolute Gasteiger partial charge is 0.238 e. The van der Waals surface area contributed by atoms with Gasteiger partial charge in [-0.3, -0.25) is 4.57 Å². The highest BCUT2D eigenvalue weighted by atomic mass is 16.3. The van der Waals surface area contributed by atoms with Gasteiger partial charge in [-0.05, 0) is 70.1 Å². The molecule has 0 aliphatic heterocycles. The summed E-state index contributed by atoms with van der Waals surface area (Å²) >= 11 is 0. The van der Waals surface area contributed by atoms with Crippen molar-refractivity contribution in [3.8, 4) is 34.4 Å². The van der Waals surface area contributed by atoms with E-state index >= 15 is 0 Å². The summed E-state index contributed by atoms with van der Waals surface area (Å²) in [7, 11) is 0. The first-order chi connectivity index (χ1) is 29.2. The van der Waals surface area contributed by atoms with Crippen molar-refractivity contribution in [3.63, 3.8) is 0 Å². The van der Waals surface area contributed by atoms with Gasteiger partial charge in [0.2, 0.25) is 5.95 Å². The first-order valence-corrected chi connectivity index (χ1v) is 19.9. The molecule has 0 amide bonds. The lowest BCUT2D eigenvalue weighted by atomic mass is 10.0. The van der Waals surface area contributed by atoms with Gasteiger partial charge in [0.1, 0.15) is 11.2 Å². The van der Waals surface area contributed by atoms with Gasteiger partial charge in [-0.15, -0.1) is 0 Å². The lowest BCUT2D eigenvalue weighted by Crippen LogP contribution is -2.08. The minimum Gasteiger partial charge on any atom is -0.456 e. The quantitative estimate of drug-likeness (QED) is 0.180. The van der Waals surface area contributed by atoms with Crippen molar-refractivity contribution in [2.75, 3.05) is 0 Å². The highest BCUT2D eigenvalue weighted by Gasteiger charge is 2.24. The highest BCUT2D eigenvalue weighted by Crippen LogP contribution is 2.42. The number of furan rings is 1. The summed E-state index contributed by atoms with van der Waals surface area (Å²) in [5.74, 6) is 1.68. The Morgan fingerprint density at radius 2 is 0.864 bits per heavy atom. The van der Waals surface area contributed by atoms with Crippen LogP contribution in [-0.4, -0.2) is 24.1 Å². The molecular formula is C53H31N5O. The molecule has 0 N–H and O–H groups in total. The Balaban J connectivity index is 1.19. The minimum absolute atomic E-state index is 0.541. The van der Waals surface area contributed by atoms with Crippen LogP contribution in [-0.2, 0) is 0 Å². The van der Waals surface area contributed by atoms with Crippen molar-refractivity contribution in [2.24, 2.45) is 0 Å². The zero-order valence-corrected chi connectivity index (χ0v) is 31.5. The normalized spacial score (nSPS) is 12.1. The maximum Gasteiger partial charge on any atom is 0.238 e. The molecule has 59 heavy (non-hydrogen) atoms. The zero-order chi connectivity index (χ0) is 38.6. The standard InChI is InChI=1S/C53H31N5O/c1-2-16-34-29-47-41(28-33(34)15-1)38-21-7-9-24-44(38)57(47)48-30-42-39-22-8-12-27-49(39)59-50(42)31-43(48)52-54-51(40-23-13-17-32-14-3-4-18-35(32)40)55-53(56-52)58-45-25-10-5-19-36(45)37-20-6-11-26-46(37)58/h1-31H. The van der Waals surface area contributed by atoms with Crippen LogP contribution in [0, 0.1) is 0 Å². The molecule has 4 aromatic heterocycles. The molecule has 13 rings (SSSR count). The lowest BCUT2D eigenvalue weighted by molar-refractivity contribution is 0.669. The van der Waals surface area contributed by atoms with Gasteiger partial charge in [0, 0.05) is 43.4 Å². The fourth-order valence-electron chi connectivity index (χ4n) is 9.30. The summed E-state index contributed by atoms with van der Waals surface area (Å²) in [5, 5.41) is 11.3. The number of hydrogen-bond acceptors (Lipinski definition) is 4. The minimum atomic E-state index is 0.541. The molecule has 9 aromatic carbocycles. The predicted molar refractivity (Wildman–Crippen MR) is 242 cm³/mol. The number of para-hydroxylation sites is 4. The van der Waals surface area contributed by atoms with E-state index in [2.05, 4.69) is 185 Å². The maximum absolute atomic E-state index is 6.62. The van der Waals surface area contributed by atoms with Gasteiger partial charge < -0.3 is 8.98 Å². The largest absolute Gasteiger partial charge is 0.456 e. The molecule has 0 atom stereocenters. The molecule has 4 heterocycles. The second-order valence-corrected chi connectivity index (χ2v) is 15.2. The SMILES string of the molecule is c1ccc2cc3c(cc2c1)c1ccccc1n3-c1cc2c(cc1-c1nc(-c3cccc4ccccc34)nc(-n3c4ccccc4c4ccccc43)n1)oc1ccccc12. The topological polar surface area (TPSA) is 61.7 Å². The molecule has 0 fully saturated rings. The molecule has 13 aromatic rings. The van der Waals surface area contributed by atoms with Crippen LogP contribution in [0.15, 0.2) is 192 Å². The summed E-state index contributed by atoms with van der Waals surface area (Å²) < 4.78 is 11.2. The van der Waals surface area contributed by atoms with Crippen LogP contribution < -0.4 is 0 Å². The van der Waals surface area contributed by atoms with E-state index in [0.717, 1.165) is 82.4 Å². The van der Waals surface area contributed by atoms with Gasteiger partial charge in [-0.1, -0.05) is 140 Å². The number of benzene rings is 9. The van der Waals surface area contributed by atoms with Crippen molar-refractivity contribution < 1.29 is 4.42 Å². The van der Waals surface area contributed by atoms with Gasteiger partial charge >= 0.3 is 0 Å². The Morgan fingerprint density at radius 3 is 1.59 bits per heavy atom. The van der Waals surface area contributed by atoms with Crippen LogP contribution in [0.2, 0.25) is 0 Å². The van der Waals surface area contributed by atoms with Crippen molar-refractivity contribution in [1.29, 1.82) is 0 Å². The fraction of sp³-hybridized carbons (Fsp3) is 0. The molecule has 0 bridgehead atoms. The van der Waals surface area contributed by atoms with Crippen molar-refractivity contribution >= 4 is 87.1 Å². The van der Waals surface area contributed by atoms with Crippen LogP contribution in [0.5, 0.6) is 0 Å². The number of rotatable bonds is 4. The molecule has 6 nitrogen and oxygen atoms in total.